The molecule has 0 radical (unpaired) electrons. The fraction of sp³-hybridized carbons (Fsp3) is 0. The molecule has 0 aliphatic rings. The summed E-state index contributed by atoms with van der Waals surface area (Å²) in [7, 11) is 0. The topological polar surface area (TPSA) is 48.7 Å². The molecule has 0 aliphatic carbocycles. The van der Waals surface area contributed by atoms with Crippen LogP contribution in [0.25, 0.3) is 10.2 Å². The summed E-state index contributed by atoms with van der Waals surface area (Å²) in [5.41, 5.74) is 2.08. The van der Waals surface area contributed by atoms with Gasteiger partial charge in [-0.2, -0.15) is 5.26 Å². The number of rotatable bonds is 2. The zero-order chi connectivity index (χ0) is 14.1. The molecule has 3 nitrogen and oxygen atoms in total. The van der Waals surface area contributed by atoms with E-state index in [4.69, 9.17) is 28.5 Å². The predicted molar refractivity (Wildman–Crippen MR) is 84.1 cm³/mol. The van der Waals surface area contributed by atoms with Crippen LogP contribution in [-0.4, -0.2) is 4.98 Å². The van der Waals surface area contributed by atoms with Crippen molar-refractivity contribution in [2.45, 2.75) is 0 Å². The van der Waals surface area contributed by atoms with Crippen molar-refractivity contribution in [2.75, 3.05) is 5.32 Å². The zero-order valence-electron chi connectivity index (χ0n) is 10.0. The second-order valence-corrected chi connectivity index (χ2v) is 5.94. The molecule has 98 valence electrons. The monoisotopic (exact) mass is 319 g/mol. The number of nitriles is 1. The molecule has 2 aromatic carbocycles. The quantitative estimate of drug-likeness (QED) is 0.704. The molecule has 0 saturated heterocycles. The molecule has 0 spiro atoms. The first-order chi connectivity index (χ1) is 9.65. The van der Waals surface area contributed by atoms with Crippen LogP contribution >= 0.6 is 34.5 Å². The summed E-state index contributed by atoms with van der Waals surface area (Å²) in [4.78, 5) is 4.45. The Bertz CT molecular complexity index is 836. The molecule has 1 N–H and O–H groups in total. The van der Waals surface area contributed by atoms with E-state index in [1.54, 1.807) is 24.3 Å². The predicted octanol–water partition coefficient (Wildman–Crippen LogP) is 5.22. The minimum absolute atomic E-state index is 0.543. The van der Waals surface area contributed by atoms with Gasteiger partial charge in [0.1, 0.15) is 0 Å². The van der Waals surface area contributed by atoms with Crippen LogP contribution < -0.4 is 5.32 Å². The third kappa shape index (κ3) is 2.56. The maximum Gasteiger partial charge on any atom is 0.188 e. The summed E-state index contributed by atoms with van der Waals surface area (Å²) >= 11 is 13.5. The second-order valence-electron chi connectivity index (χ2n) is 4.06. The molecular formula is C14H7Cl2N3S. The van der Waals surface area contributed by atoms with E-state index in [-0.39, 0.29) is 0 Å². The Labute approximate surface area is 129 Å². The molecular weight excluding hydrogens is 313 g/mol. The van der Waals surface area contributed by atoms with Crippen LogP contribution in [0.15, 0.2) is 36.4 Å². The second kappa shape index (κ2) is 5.29. The number of hydrogen-bond donors (Lipinski definition) is 1. The molecule has 0 unspecified atom stereocenters. The van der Waals surface area contributed by atoms with Crippen molar-refractivity contribution < 1.29 is 0 Å². The number of fused-ring (bicyclic) bond motifs is 1. The molecule has 0 aliphatic heterocycles. The van der Waals surface area contributed by atoms with Gasteiger partial charge in [0, 0.05) is 5.02 Å². The van der Waals surface area contributed by atoms with Crippen LogP contribution in [0.5, 0.6) is 0 Å². The van der Waals surface area contributed by atoms with Crippen molar-refractivity contribution in [3.05, 3.63) is 52.0 Å². The van der Waals surface area contributed by atoms with E-state index in [0.29, 0.717) is 26.4 Å². The number of hydrogen-bond acceptors (Lipinski definition) is 4. The van der Waals surface area contributed by atoms with Gasteiger partial charge in [-0.25, -0.2) is 4.98 Å². The lowest BCUT2D eigenvalue weighted by atomic mass is 10.2. The van der Waals surface area contributed by atoms with Gasteiger partial charge in [-0.05, 0) is 36.4 Å². The van der Waals surface area contributed by atoms with Crippen molar-refractivity contribution in [1.82, 2.24) is 4.98 Å². The lowest BCUT2D eigenvalue weighted by Gasteiger charge is -2.04. The van der Waals surface area contributed by atoms with Crippen LogP contribution in [0.4, 0.5) is 10.8 Å². The highest BCUT2D eigenvalue weighted by Crippen LogP contribution is 2.32. The molecule has 0 saturated carbocycles. The van der Waals surface area contributed by atoms with Gasteiger partial charge in [0.15, 0.2) is 5.13 Å². The number of halogens is 2. The molecule has 20 heavy (non-hydrogen) atoms. The highest BCUT2D eigenvalue weighted by molar-refractivity contribution is 7.22. The van der Waals surface area contributed by atoms with Crippen LogP contribution in [0.2, 0.25) is 10.0 Å². The Kier molecular flexibility index (Phi) is 3.49. The van der Waals surface area contributed by atoms with E-state index >= 15 is 0 Å². The fourth-order valence-electron chi connectivity index (χ4n) is 1.76. The van der Waals surface area contributed by atoms with Gasteiger partial charge in [0.25, 0.3) is 0 Å². The molecule has 1 heterocycles. The summed E-state index contributed by atoms with van der Waals surface area (Å²) in [6, 6.07) is 12.7. The van der Waals surface area contributed by atoms with Gasteiger partial charge in [-0.3, -0.25) is 0 Å². The van der Waals surface area contributed by atoms with E-state index in [1.165, 1.54) is 11.3 Å². The van der Waals surface area contributed by atoms with E-state index in [0.717, 1.165) is 10.2 Å². The van der Waals surface area contributed by atoms with Crippen molar-refractivity contribution in [2.24, 2.45) is 0 Å². The van der Waals surface area contributed by atoms with Crippen LogP contribution in [-0.2, 0) is 0 Å². The number of nitrogens with one attached hydrogen (secondary N) is 1. The number of thiazole rings is 1. The van der Waals surface area contributed by atoms with Gasteiger partial charge in [0.2, 0.25) is 0 Å². The zero-order valence-corrected chi connectivity index (χ0v) is 12.4. The molecule has 1 aromatic heterocycles. The average Bonchev–Trinajstić information content (AvgIpc) is 2.82. The summed E-state index contributed by atoms with van der Waals surface area (Å²) in [6.07, 6.45) is 0. The Morgan fingerprint density at radius 1 is 1.15 bits per heavy atom. The number of nitrogens with zero attached hydrogens (tertiary/aromatic N) is 2. The number of anilines is 2. The standard InChI is InChI=1S/C14H7Cl2N3S/c15-9-2-4-11-13(6-9)20-14(18-11)19-12-5-8(7-17)1-3-10(12)16/h1-6H,(H,18,19). The van der Waals surface area contributed by atoms with E-state index in [2.05, 4.69) is 16.4 Å². The van der Waals surface area contributed by atoms with Gasteiger partial charge >= 0.3 is 0 Å². The molecule has 0 bridgehead atoms. The van der Waals surface area contributed by atoms with Crippen molar-refractivity contribution in [3.63, 3.8) is 0 Å². The Morgan fingerprint density at radius 2 is 2.00 bits per heavy atom. The minimum Gasteiger partial charge on any atom is -0.330 e. The van der Waals surface area contributed by atoms with Crippen LogP contribution in [0.1, 0.15) is 5.56 Å². The first kappa shape index (κ1) is 13.2. The summed E-state index contributed by atoms with van der Waals surface area (Å²) < 4.78 is 0.993. The molecule has 0 fully saturated rings. The van der Waals surface area contributed by atoms with Gasteiger partial charge < -0.3 is 5.32 Å². The minimum atomic E-state index is 0.543. The lowest BCUT2D eigenvalue weighted by Crippen LogP contribution is -1.91. The first-order valence-corrected chi connectivity index (χ1v) is 7.26. The van der Waals surface area contributed by atoms with Crippen molar-refractivity contribution in [3.8, 4) is 6.07 Å². The maximum absolute atomic E-state index is 8.92. The van der Waals surface area contributed by atoms with Gasteiger partial charge in [0.05, 0.1) is 32.6 Å². The SMILES string of the molecule is N#Cc1ccc(Cl)c(Nc2nc3ccc(Cl)cc3s2)c1. The highest BCUT2D eigenvalue weighted by atomic mass is 35.5. The Morgan fingerprint density at radius 3 is 2.80 bits per heavy atom. The van der Waals surface area contributed by atoms with E-state index < -0.39 is 0 Å². The summed E-state index contributed by atoms with van der Waals surface area (Å²) in [5.74, 6) is 0. The van der Waals surface area contributed by atoms with Crippen molar-refractivity contribution in [1.29, 1.82) is 5.26 Å². The molecule has 0 amide bonds. The molecule has 0 atom stereocenters. The number of aromatic nitrogens is 1. The smallest absolute Gasteiger partial charge is 0.188 e. The average molecular weight is 320 g/mol. The van der Waals surface area contributed by atoms with E-state index in [1.807, 2.05) is 12.1 Å². The van der Waals surface area contributed by atoms with Gasteiger partial charge in [-0.15, -0.1) is 0 Å². The molecule has 3 aromatic rings. The lowest BCUT2D eigenvalue weighted by molar-refractivity contribution is 1.43. The van der Waals surface area contributed by atoms with Gasteiger partial charge in [-0.1, -0.05) is 34.5 Å². The first-order valence-electron chi connectivity index (χ1n) is 5.68. The maximum atomic E-state index is 8.92. The molecule has 3 rings (SSSR count). The normalized spacial score (nSPS) is 10.4. The van der Waals surface area contributed by atoms with Crippen LogP contribution in [0.3, 0.4) is 0 Å². The third-order valence-electron chi connectivity index (χ3n) is 2.69. The van der Waals surface area contributed by atoms with E-state index in [9.17, 15) is 0 Å². The largest absolute Gasteiger partial charge is 0.330 e. The fourth-order valence-corrected chi connectivity index (χ4v) is 3.08. The third-order valence-corrected chi connectivity index (χ3v) is 4.19. The summed E-state index contributed by atoms with van der Waals surface area (Å²) in [6.45, 7) is 0. The Hall–Kier alpha value is -1.80. The van der Waals surface area contributed by atoms with Crippen molar-refractivity contribution >= 4 is 55.6 Å². The number of benzene rings is 2. The Balaban J connectivity index is 1.99. The summed E-state index contributed by atoms with van der Waals surface area (Å²) in [5, 5.41) is 14.0. The highest BCUT2D eigenvalue weighted by Gasteiger charge is 2.07. The van der Waals surface area contributed by atoms with Crippen LogP contribution in [0, 0.1) is 11.3 Å². The molecule has 6 heteroatoms.